The lowest BCUT2D eigenvalue weighted by Gasteiger charge is -2.26. The summed E-state index contributed by atoms with van der Waals surface area (Å²) in [6.45, 7) is 2.03. The van der Waals surface area contributed by atoms with E-state index in [9.17, 15) is 24.3 Å². The molecular weight excluding hydrogens is 428 g/mol. The van der Waals surface area contributed by atoms with E-state index in [1.54, 1.807) is 0 Å². The molecular formula is C18H28N6O6S. The summed E-state index contributed by atoms with van der Waals surface area (Å²) in [6.07, 6.45) is 3.05. The number of carboxylic acids is 1. The van der Waals surface area contributed by atoms with Crippen LogP contribution in [0.2, 0.25) is 0 Å². The van der Waals surface area contributed by atoms with Gasteiger partial charge in [-0.05, 0) is 26.3 Å². The van der Waals surface area contributed by atoms with Gasteiger partial charge in [-0.15, -0.1) is 0 Å². The number of aliphatic hydroxyl groups is 1. The van der Waals surface area contributed by atoms with Crippen LogP contribution < -0.4 is 21.3 Å². The number of amides is 3. The largest absolute Gasteiger partial charge is 0.480 e. The standard InChI is InChI=1S/C18H28N6O6S/c1-9(25)14(24-15(26)11-3-2-4-20-11)17(28)22-12(5-10-6-19-8-21-10)16(27)23-13(7-31)18(29)30/h6,8-9,11-14,20,25,31H,2-5,7H2,1H3,(H,19,21)(H,22,28)(H,23,27)(H,24,26)(H,29,30). The van der Waals surface area contributed by atoms with E-state index in [0.29, 0.717) is 18.7 Å². The number of H-pyrrole nitrogens is 1. The third-order valence-electron chi connectivity index (χ3n) is 4.85. The number of aromatic amines is 1. The lowest BCUT2D eigenvalue weighted by Crippen LogP contribution is -2.60. The van der Waals surface area contributed by atoms with E-state index in [1.165, 1.54) is 19.4 Å². The Bertz CT molecular complexity index is 768. The van der Waals surface area contributed by atoms with E-state index in [2.05, 4.69) is 43.9 Å². The Balaban J connectivity index is 2.11. The molecule has 172 valence electrons. The first kappa shape index (κ1) is 24.6. The number of nitrogens with zero attached hydrogens (tertiary/aromatic N) is 1. The number of carboxylic acid groups (broad SMARTS) is 1. The number of aliphatic hydroxyl groups excluding tert-OH is 1. The molecule has 3 amide bonds. The predicted octanol–water partition coefficient (Wildman–Crippen LogP) is -2.45. The lowest BCUT2D eigenvalue weighted by molar-refractivity contribution is -0.141. The van der Waals surface area contributed by atoms with Crippen molar-refractivity contribution in [2.24, 2.45) is 0 Å². The molecule has 0 aliphatic carbocycles. The molecule has 1 fully saturated rings. The van der Waals surface area contributed by atoms with Crippen LogP contribution in [0.4, 0.5) is 0 Å². The zero-order valence-corrected chi connectivity index (χ0v) is 17.9. The number of rotatable bonds is 11. The molecule has 1 saturated heterocycles. The van der Waals surface area contributed by atoms with E-state index in [-0.39, 0.29) is 12.2 Å². The molecule has 1 aliphatic heterocycles. The topological polar surface area (TPSA) is 186 Å². The van der Waals surface area contributed by atoms with E-state index in [1.807, 2.05) is 0 Å². The molecule has 31 heavy (non-hydrogen) atoms. The van der Waals surface area contributed by atoms with Crippen LogP contribution in [0.15, 0.2) is 12.5 Å². The molecule has 7 N–H and O–H groups in total. The Kier molecular flexibility index (Phi) is 9.27. The van der Waals surface area contributed by atoms with Gasteiger partial charge in [-0.1, -0.05) is 0 Å². The summed E-state index contributed by atoms with van der Waals surface area (Å²) in [4.78, 5) is 55.8. The normalized spacial score (nSPS) is 19.6. The summed E-state index contributed by atoms with van der Waals surface area (Å²) in [5.74, 6) is -3.37. The number of nitrogens with one attached hydrogen (secondary N) is 5. The number of thiol groups is 1. The smallest absolute Gasteiger partial charge is 0.327 e. The van der Waals surface area contributed by atoms with Crippen molar-refractivity contribution in [3.05, 3.63) is 18.2 Å². The molecule has 0 radical (unpaired) electrons. The molecule has 0 saturated carbocycles. The number of imidazole rings is 1. The molecule has 13 heteroatoms. The molecule has 0 bridgehead atoms. The first-order valence-corrected chi connectivity index (χ1v) is 10.5. The Labute approximate surface area is 184 Å². The predicted molar refractivity (Wildman–Crippen MR) is 112 cm³/mol. The van der Waals surface area contributed by atoms with Gasteiger partial charge in [0, 0.05) is 24.1 Å². The monoisotopic (exact) mass is 456 g/mol. The molecule has 1 aromatic rings. The van der Waals surface area contributed by atoms with Gasteiger partial charge in [0.2, 0.25) is 17.7 Å². The van der Waals surface area contributed by atoms with Crippen molar-refractivity contribution in [2.45, 2.75) is 56.5 Å². The van der Waals surface area contributed by atoms with E-state index in [4.69, 9.17) is 5.11 Å². The maximum absolute atomic E-state index is 12.8. The van der Waals surface area contributed by atoms with Gasteiger partial charge in [-0.3, -0.25) is 14.4 Å². The molecule has 1 aliphatic rings. The Morgan fingerprint density at radius 3 is 2.45 bits per heavy atom. The fraction of sp³-hybridized carbons (Fsp3) is 0.611. The molecule has 0 spiro atoms. The van der Waals surface area contributed by atoms with Crippen LogP contribution in [0.1, 0.15) is 25.5 Å². The van der Waals surface area contributed by atoms with Crippen molar-refractivity contribution in [3.63, 3.8) is 0 Å². The van der Waals surface area contributed by atoms with Crippen LogP contribution in [-0.2, 0) is 25.6 Å². The van der Waals surface area contributed by atoms with Gasteiger partial charge >= 0.3 is 5.97 Å². The van der Waals surface area contributed by atoms with Gasteiger partial charge in [0.15, 0.2) is 0 Å². The number of hydrogen-bond acceptors (Lipinski definition) is 8. The summed E-state index contributed by atoms with van der Waals surface area (Å²) in [7, 11) is 0. The molecule has 1 aromatic heterocycles. The Morgan fingerprint density at radius 2 is 1.94 bits per heavy atom. The van der Waals surface area contributed by atoms with Crippen molar-refractivity contribution in [2.75, 3.05) is 12.3 Å². The summed E-state index contributed by atoms with van der Waals surface area (Å²) in [5, 5.41) is 29.5. The maximum atomic E-state index is 12.8. The van der Waals surface area contributed by atoms with E-state index < -0.39 is 54.0 Å². The minimum absolute atomic E-state index is 0.0128. The Morgan fingerprint density at radius 1 is 1.23 bits per heavy atom. The third kappa shape index (κ3) is 7.22. The lowest BCUT2D eigenvalue weighted by atomic mass is 10.1. The number of aromatic nitrogens is 2. The SMILES string of the molecule is CC(O)C(NC(=O)C1CCCN1)C(=O)NC(Cc1cnc[nH]1)C(=O)NC(CS)C(=O)O. The zero-order chi connectivity index (χ0) is 23.0. The summed E-state index contributed by atoms with van der Waals surface area (Å²) >= 11 is 3.91. The fourth-order valence-electron chi connectivity index (χ4n) is 3.11. The highest BCUT2D eigenvalue weighted by Crippen LogP contribution is 2.07. The highest BCUT2D eigenvalue weighted by atomic mass is 32.1. The van der Waals surface area contributed by atoms with Crippen molar-refractivity contribution in [1.29, 1.82) is 0 Å². The molecule has 2 heterocycles. The highest BCUT2D eigenvalue weighted by molar-refractivity contribution is 7.80. The van der Waals surface area contributed by atoms with Crippen molar-refractivity contribution in [3.8, 4) is 0 Å². The van der Waals surface area contributed by atoms with E-state index >= 15 is 0 Å². The molecule has 5 atom stereocenters. The number of carbonyl (C=O) groups excluding carboxylic acids is 3. The van der Waals surface area contributed by atoms with Crippen LogP contribution in [0.3, 0.4) is 0 Å². The molecule has 2 rings (SSSR count). The van der Waals surface area contributed by atoms with Crippen LogP contribution in [0, 0.1) is 0 Å². The maximum Gasteiger partial charge on any atom is 0.327 e. The Hall–Kier alpha value is -2.64. The highest BCUT2D eigenvalue weighted by Gasteiger charge is 2.33. The van der Waals surface area contributed by atoms with Gasteiger partial charge in [0.25, 0.3) is 0 Å². The number of carbonyl (C=O) groups is 4. The van der Waals surface area contributed by atoms with Crippen molar-refractivity contribution >= 4 is 36.3 Å². The summed E-state index contributed by atoms with van der Waals surface area (Å²) in [6, 6.07) is -4.19. The van der Waals surface area contributed by atoms with Gasteiger partial charge in [-0.25, -0.2) is 9.78 Å². The zero-order valence-electron chi connectivity index (χ0n) is 17.0. The minimum Gasteiger partial charge on any atom is -0.480 e. The van der Waals surface area contributed by atoms with Crippen molar-refractivity contribution in [1.82, 2.24) is 31.2 Å². The number of aliphatic carboxylic acids is 1. The molecule has 0 aromatic carbocycles. The third-order valence-corrected chi connectivity index (χ3v) is 5.21. The quantitative estimate of drug-likeness (QED) is 0.169. The summed E-state index contributed by atoms with van der Waals surface area (Å²) < 4.78 is 0. The average molecular weight is 457 g/mol. The van der Waals surface area contributed by atoms with E-state index in [0.717, 1.165) is 6.42 Å². The van der Waals surface area contributed by atoms with Crippen molar-refractivity contribution < 1.29 is 29.4 Å². The van der Waals surface area contributed by atoms with Crippen LogP contribution in [0.5, 0.6) is 0 Å². The second kappa shape index (κ2) is 11.7. The van der Waals surface area contributed by atoms with Crippen LogP contribution in [-0.4, -0.2) is 86.4 Å². The van der Waals surface area contributed by atoms with Gasteiger partial charge in [-0.2, -0.15) is 12.6 Å². The van der Waals surface area contributed by atoms with Gasteiger partial charge in [0.1, 0.15) is 18.1 Å². The van der Waals surface area contributed by atoms with Crippen LogP contribution >= 0.6 is 12.6 Å². The fourth-order valence-corrected chi connectivity index (χ4v) is 3.36. The van der Waals surface area contributed by atoms with Gasteiger partial charge < -0.3 is 36.5 Å². The number of hydrogen-bond donors (Lipinski definition) is 8. The molecule has 5 unspecified atom stereocenters. The second-order valence-corrected chi connectivity index (χ2v) is 7.67. The average Bonchev–Trinajstić information content (AvgIpc) is 3.42. The first-order chi connectivity index (χ1) is 14.7. The first-order valence-electron chi connectivity index (χ1n) is 9.86. The second-order valence-electron chi connectivity index (χ2n) is 7.30. The van der Waals surface area contributed by atoms with Crippen LogP contribution in [0.25, 0.3) is 0 Å². The van der Waals surface area contributed by atoms with Gasteiger partial charge in [0.05, 0.1) is 18.5 Å². The summed E-state index contributed by atoms with van der Waals surface area (Å²) in [5.41, 5.74) is 0.519. The minimum atomic E-state index is -1.30. The molecule has 12 nitrogen and oxygen atoms in total.